The van der Waals surface area contributed by atoms with E-state index in [-0.39, 0.29) is 19.0 Å². The highest BCUT2D eigenvalue weighted by Crippen LogP contribution is 1.99. The number of urea groups is 1. The van der Waals surface area contributed by atoms with E-state index >= 15 is 0 Å². The predicted octanol–water partition coefficient (Wildman–Crippen LogP) is -1.86. The van der Waals surface area contributed by atoms with Crippen LogP contribution in [-0.2, 0) is 19.1 Å². The van der Waals surface area contributed by atoms with E-state index in [0.717, 1.165) is 7.11 Å². The van der Waals surface area contributed by atoms with Gasteiger partial charge in [0, 0.05) is 13.1 Å². The van der Waals surface area contributed by atoms with Gasteiger partial charge in [-0.2, -0.15) is 0 Å². The van der Waals surface area contributed by atoms with Crippen molar-refractivity contribution >= 4 is 23.9 Å². The SMILES string of the molecule is COC(=O)C[C@H](NC(=O)N1CCNC(=O)C1)C(=O)O. The number of hydrogen-bond acceptors (Lipinski definition) is 5. The van der Waals surface area contributed by atoms with Crippen molar-refractivity contribution in [3.05, 3.63) is 0 Å². The molecule has 3 amide bonds. The van der Waals surface area contributed by atoms with E-state index in [1.54, 1.807) is 0 Å². The molecule has 1 fully saturated rings. The lowest BCUT2D eigenvalue weighted by Crippen LogP contribution is -2.55. The summed E-state index contributed by atoms with van der Waals surface area (Å²) in [5.41, 5.74) is 0. The third kappa shape index (κ3) is 4.45. The van der Waals surface area contributed by atoms with Gasteiger partial charge in [0.2, 0.25) is 5.91 Å². The van der Waals surface area contributed by atoms with Gasteiger partial charge in [0.1, 0.15) is 12.6 Å². The van der Waals surface area contributed by atoms with Gasteiger partial charge in [0.05, 0.1) is 13.5 Å². The molecule has 1 aliphatic heterocycles. The second-order valence-electron chi connectivity index (χ2n) is 3.89. The van der Waals surface area contributed by atoms with Crippen LogP contribution in [0.4, 0.5) is 4.79 Å². The highest BCUT2D eigenvalue weighted by molar-refractivity contribution is 5.89. The molecule has 0 bridgehead atoms. The summed E-state index contributed by atoms with van der Waals surface area (Å²) in [5.74, 6) is -2.41. The third-order valence-corrected chi connectivity index (χ3v) is 2.52. The second kappa shape index (κ2) is 6.57. The predicted molar refractivity (Wildman–Crippen MR) is 61.2 cm³/mol. The molecule has 1 rings (SSSR count). The Morgan fingerprint density at radius 2 is 2.21 bits per heavy atom. The van der Waals surface area contributed by atoms with Crippen LogP contribution >= 0.6 is 0 Å². The number of nitrogens with one attached hydrogen (secondary N) is 2. The first-order valence-electron chi connectivity index (χ1n) is 5.55. The van der Waals surface area contributed by atoms with Gasteiger partial charge in [-0.15, -0.1) is 0 Å². The van der Waals surface area contributed by atoms with Gasteiger partial charge in [0.15, 0.2) is 0 Å². The Balaban J connectivity index is 2.58. The van der Waals surface area contributed by atoms with Crippen LogP contribution in [0.25, 0.3) is 0 Å². The number of carboxylic acid groups (broad SMARTS) is 1. The van der Waals surface area contributed by atoms with Crippen LogP contribution in [0.1, 0.15) is 6.42 Å². The van der Waals surface area contributed by atoms with E-state index in [1.165, 1.54) is 4.90 Å². The van der Waals surface area contributed by atoms with Crippen LogP contribution in [-0.4, -0.2) is 66.7 Å². The molecule has 0 aromatic rings. The molecule has 9 nitrogen and oxygen atoms in total. The largest absolute Gasteiger partial charge is 0.480 e. The lowest BCUT2D eigenvalue weighted by molar-refractivity contribution is -0.147. The molecular formula is C10H15N3O6. The van der Waals surface area contributed by atoms with Crippen molar-refractivity contribution in [1.82, 2.24) is 15.5 Å². The summed E-state index contributed by atoms with van der Waals surface area (Å²) in [6, 6.07) is -2.09. The first kappa shape index (κ1) is 14.7. The number of hydrogen-bond donors (Lipinski definition) is 3. The van der Waals surface area contributed by atoms with E-state index in [0.29, 0.717) is 6.54 Å². The zero-order chi connectivity index (χ0) is 14.4. The first-order valence-corrected chi connectivity index (χ1v) is 5.55. The van der Waals surface area contributed by atoms with Crippen molar-refractivity contribution in [2.45, 2.75) is 12.5 Å². The fourth-order valence-corrected chi connectivity index (χ4v) is 1.50. The Labute approximate surface area is 108 Å². The lowest BCUT2D eigenvalue weighted by atomic mass is 10.2. The van der Waals surface area contributed by atoms with E-state index in [2.05, 4.69) is 15.4 Å². The molecule has 106 valence electrons. The summed E-state index contributed by atoms with van der Waals surface area (Å²) in [6.45, 7) is 0.444. The summed E-state index contributed by atoms with van der Waals surface area (Å²) in [6.07, 6.45) is -0.475. The van der Waals surface area contributed by atoms with Gasteiger partial charge in [-0.3, -0.25) is 9.59 Å². The van der Waals surface area contributed by atoms with Crippen molar-refractivity contribution in [3.63, 3.8) is 0 Å². The molecule has 1 heterocycles. The summed E-state index contributed by atoms with van der Waals surface area (Å²) in [4.78, 5) is 46.0. The molecule has 0 saturated carbocycles. The number of rotatable bonds is 4. The number of carboxylic acids is 1. The number of nitrogens with zero attached hydrogens (tertiary/aromatic N) is 1. The molecule has 0 spiro atoms. The topological polar surface area (TPSA) is 125 Å². The Bertz CT molecular complexity index is 397. The molecule has 0 aromatic carbocycles. The number of aliphatic carboxylic acids is 1. The summed E-state index contributed by atoms with van der Waals surface area (Å²) in [5, 5.41) is 13.6. The minimum absolute atomic E-state index is 0.142. The molecule has 0 unspecified atom stereocenters. The summed E-state index contributed by atoms with van der Waals surface area (Å²) < 4.78 is 4.34. The van der Waals surface area contributed by atoms with E-state index in [9.17, 15) is 19.2 Å². The van der Waals surface area contributed by atoms with Gasteiger partial charge in [-0.05, 0) is 0 Å². The Morgan fingerprint density at radius 3 is 2.74 bits per heavy atom. The minimum atomic E-state index is -1.38. The van der Waals surface area contributed by atoms with Crippen LogP contribution < -0.4 is 10.6 Å². The smallest absolute Gasteiger partial charge is 0.326 e. The van der Waals surface area contributed by atoms with Gasteiger partial charge in [0.25, 0.3) is 0 Å². The van der Waals surface area contributed by atoms with Crippen LogP contribution in [0.5, 0.6) is 0 Å². The van der Waals surface area contributed by atoms with Crippen LogP contribution in [0.2, 0.25) is 0 Å². The lowest BCUT2D eigenvalue weighted by Gasteiger charge is -2.28. The molecule has 0 aliphatic carbocycles. The second-order valence-corrected chi connectivity index (χ2v) is 3.89. The number of methoxy groups -OCH3 is 1. The zero-order valence-electron chi connectivity index (χ0n) is 10.3. The van der Waals surface area contributed by atoms with Crippen LogP contribution in [0, 0.1) is 0 Å². The van der Waals surface area contributed by atoms with E-state index < -0.39 is 30.4 Å². The molecule has 9 heteroatoms. The standard InChI is InChI=1S/C10H15N3O6/c1-19-8(15)4-6(9(16)17)12-10(18)13-3-2-11-7(14)5-13/h6H,2-5H2,1H3,(H,11,14)(H,12,18)(H,16,17)/t6-/m0/s1. The molecule has 3 N–H and O–H groups in total. The third-order valence-electron chi connectivity index (χ3n) is 2.52. The fraction of sp³-hybridized carbons (Fsp3) is 0.600. The van der Waals surface area contributed by atoms with Gasteiger partial charge in [-0.1, -0.05) is 0 Å². The van der Waals surface area contributed by atoms with Gasteiger partial charge in [-0.25, -0.2) is 9.59 Å². The summed E-state index contributed by atoms with van der Waals surface area (Å²) >= 11 is 0. The van der Waals surface area contributed by atoms with Crippen molar-refractivity contribution in [3.8, 4) is 0 Å². The normalized spacial score (nSPS) is 16.3. The maximum absolute atomic E-state index is 11.7. The number of ether oxygens (including phenoxy) is 1. The van der Waals surface area contributed by atoms with Crippen LogP contribution in [0.15, 0.2) is 0 Å². The van der Waals surface area contributed by atoms with E-state index in [1.807, 2.05) is 0 Å². The monoisotopic (exact) mass is 273 g/mol. The first-order chi connectivity index (χ1) is 8.93. The molecule has 19 heavy (non-hydrogen) atoms. The number of esters is 1. The summed E-state index contributed by atoms with van der Waals surface area (Å²) in [7, 11) is 1.12. The Kier molecular flexibility index (Phi) is 5.10. The number of amides is 3. The number of carbonyl (C=O) groups excluding carboxylic acids is 3. The molecule has 0 aromatic heterocycles. The molecule has 1 atom stereocenters. The van der Waals surface area contributed by atoms with Crippen LogP contribution in [0.3, 0.4) is 0 Å². The van der Waals surface area contributed by atoms with Crippen molar-refractivity contribution < 1.29 is 29.0 Å². The molecule has 1 saturated heterocycles. The van der Waals surface area contributed by atoms with E-state index in [4.69, 9.17) is 5.11 Å². The Hall–Kier alpha value is -2.32. The number of carbonyl (C=O) groups is 4. The van der Waals surface area contributed by atoms with Crippen molar-refractivity contribution in [1.29, 1.82) is 0 Å². The Morgan fingerprint density at radius 1 is 1.53 bits per heavy atom. The average Bonchev–Trinajstić information content (AvgIpc) is 2.37. The maximum atomic E-state index is 11.7. The highest BCUT2D eigenvalue weighted by Gasteiger charge is 2.28. The quantitative estimate of drug-likeness (QED) is 0.516. The molecule has 0 radical (unpaired) electrons. The van der Waals surface area contributed by atoms with Gasteiger partial charge < -0.3 is 25.4 Å². The molecule has 1 aliphatic rings. The van der Waals surface area contributed by atoms with Crippen molar-refractivity contribution in [2.24, 2.45) is 0 Å². The average molecular weight is 273 g/mol. The zero-order valence-corrected chi connectivity index (χ0v) is 10.3. The fourth-order valence-electron chi connectivity index (χ4n) is 1.50. The van der Waals surface area contributed by atoms with Gasteiger partial charge >= 0.3 is 18.0 Å². The minimum Gasteiger partial charge on any atom is -0.480 e. The highest BCUT2D eigenvalue weighted by atomic mass is 16.5. The number of piperazine rings is 1. The molecular weight excluding hydrogens is 258 g/mol. The van der Waals surface area contributed by atoms with Crippen molar-refractivity contribution in [2.75, 3.05) is 26.7 Å². The maximum Gasteiger partial charge on any atom is 0.326 e.